The Bertz CT molecular complexity index is 972. The Balaban J connectivity index is 1.89. The Morgan fingerprint density at radius 3 is 2.59 bits per heavy atom. The van der Waals surface area contributed by atoms with Gasteiger partial charge in [0.2, 0.25) is 0 Å². The van der Waals surface area contributed by atoms with Crippen LogP contribution in [0.15, 0.2) is 41.3 Å². The van der Waals surface area contributed by atoms with Crippen molar-refractivity contribution in [3.8, 4) is 5.75 Å². The molecule has 2 aromatic rings. The van der Waals surface area contributed by atoms with Gasteiger partial charge in [-0.3, -0.25) is 4.72 Å². The van der Waals surface area contributed by atoms with Crippen LogP contribution < -0.4 is 9.46 Å². The zero-order valence-electron chi connectivity index (χ0n) is 15.5. The monoisotopic (exact) mass is 390 g/mol. The van der Waals surface area contributed by atoms with Crippen LogP contribution in [-0.4, -0.2) is 40.2 Å². The van der Waals surface area contributed by atoms with E-state index in [0.717, 1.165) is 16.7 Å². The predicted octanol–water partition coefficient (Wildman–Crippen LogP) is 2.93. The molecule has 2 aromatic carbocycles. The molecule has 1 aliphatic heterocycles. The van der Waals surface area contributed by atoms with Gasteiger partial charge in [0.05, 0.1) is 14.2 Å². The van der Waals surface area contributed by atoms with Crippen molar-refractivity contribution in [2.45, 2.75) is 24.8 Å². The van der Waals surface area contributed by atoms with Crippen LogP contribution in [0, 0.1) is 6.92 Å². The fraction of sp³-hybridized carbons (Fsp3) is 0.316. The van der Waals surface area contributed by atoms with Gasteiger partial charge in [-0.1, -0.05) is 12.1 Å². The van der Waals surface area contributed by atoms with Gasteiger partial charge in [0.1, 0.15) is 10.6 Å². The Morgan fingerprint density at radius 1 is 1.11 bits per heavy atom. The maximum Gasteiger partial charge on any atom is 0.409 e. The number of hydrogen-bond donors (Lipinski definition) is 1. The summed E-state index contributed by atoms with van der Waals surface area (Å²) in [5, 5.41) is 0. The third kappa shape index (κ3) is 4.00. The normalized spacial score (nSPS) is 13.7. The maximum absolute atomic E-state index is 12.8. The highest BCUT2D eigenvalue weighted by Crippen LogP contribution is 2.28. The molecule has 0 radical (unpaired) electrons. The van der Waals surface area contributed by atoms with E-state index in [1.807, 2.05) is 13.0 Å². The number of rotatable bonds is 4. The molecule has 0 bridgehead atoms. The minimum atomic E-state index is -3.82. The van der Waals surface area contributed by atoms with Gasteiger partial charge in [0.15, 0.2) is 0 Å². The van der Waals surface area contributed by atoms with Crippen molar-refractivity contribution >= 4 is 21.8 Å². The van der Waals surface area contributed by atoms with Gasteiger partial charge in [-0.2, -0.15) is 0 Å². The lowest BCUT2D eigenvalue weighted by Crippen LogP contribution is -2.35. The molecule has 1 amide bonds. The number of fused-ring (bicyclic) bond motifs is 1. The lowest BCUT2D eigenvalue weighted by Gasteiger charge is -2.28. The summed E-state index contributed by atoms with van der Waals surface area (Å²) in [4.78, 5) is 13.4. The largest absolute Gasteiger partial charge is 0.495 e. The molecule has 0 aromatic heterocycles. The van der Waals surface area contributed by atoms with Gasteiger partial charge < -0.3 is 14.4 Å². The maximum atomic E-state index is 12.8. The molecule has 3 rings (SSSR count). The minimum Gasteiger partial charge on any atom is -0.495 e. The van der Waals surface area contributed by atoms with E-state index in [1.165, 1.54) is 14.2 Å². The van der Waals surface area contributed by atoms with Crippen LogP contribution in [-0.2, 0) is 27.7 Å². The summed E-state index contributed by atoms with van der Waals surface area (Å²) < 4.78 is 38.3. The van der Waals surface area contributed by atoms with E-state index in [0.29, 0.717) is 25.2 Å². The van der Waals surface area contributed by atoms with Crippen molar-refractivity contribution in [3.05, 3.63) is 53.1 Å². The molecular formula is C19H22N2O5S. The SMILES string of the molecule is COC(=O)N1CCc2ccc(NS(=O)(=O)c3cc(C)ccc3OC)cc2C1. The number of benzene rings is 2. The van der Waals surface area contributed by atoms with Crippen molar-refractivity contribution in [2.75, 3.05) is 25.5 Å². The van der Waals surface area contributed by atoms with E-state index in [4.69, 9.17) is 9.47 Å². The average molecular weight is 390 g/mol. The van der Waals surface area contributed by atoms with Crippen molar-refractivity contribution in [2.24, 2.45) is 0 Å². The summed E-state index contributed by atoms with van der Waals surface area (Å²) in [7, 11) is -1.04. The third-order valence-electron chi connectivity index (χ3n) is 4.51. The number of methoxy groups -OCH3 is 2. The molecule has 0 aliphatic carbocycles. The number of anilines is 1. The first-order valence-electron chi connectivity index (χ1n) is 8.46. The highest BCUT2D eigenvalue weighted by molar-refractivity contribution is 7.92. The summed E-state index contributed by atoms with van der Waals surface area (Å²) in [6.07, 6.45) is 0.305. The van der Waals surface area contributed by atoms with Gasteiger partial charge in [0, 0.05) is 18.8 Å². The van der Waals surface area contributed by atoms with Crippen molar-refractivity contribution in [1.82, 2.24) is 4.90 Å². The number of amides is 1. The summed E-state index contributed by atoms with van der Waals surface area (Å²) in [5.74, 6) is 0.280. The molecule has 0 fully saturated rings. The van der Waals surface area contributed by atoms with E-state index in [-0.39, 0.29) is 10.6 Å². The van der Waals surface area contributed by atoms with E-state index in [2.05, 4.69) is 4.72 Å². The van der Waals surface area contributed by atoms with Gasteiger partial charge in [-0.25, -0.2) is 13.2 Å². The van der Waals surface area contributed by atoms with E-state index in [9.17, 15) is 13.2 Å². The Hall–Kier alpha value is -2.74. The smallest absolute Gasteiger partial charge is 0.409 e. The summed E-state index contributed by atoms with van der Waals surface area (Å²) in [5.41, 5.74) is 3.23. The Morgan fingerprint density at radius 2 is 1.89 bits per heavy atom. The van der Waals surface area contributed by atoms with Crippen LogP contribution in [0.2, 0.25) is 0 Å². The fourth-order valence-corrected chi connectivity index (χ4v) is 4.41. The Labute approximate surface area is 158 Å². The molecule has 1 aliphatic rings. The summed E-state index contributed by atoms with van der Waals surface area (Å²) >= 11 is 0. The van der Waals surface area contributed by atoms with Gasteiger partial charge in [-0.05, 0) is 54.3 Å². The van der Waals surface area contributed by atoms with Crippen LogP contribution in [0.25, 0.3) is 0 Å². The summed E-state index contributed by atoms with van der Waals surface area (Å²) in [6.45, 7) is 2.77. The fourth-order valence-electron chi connectivity index (χ4n) is 3.11. The Kier molecular flexibility index (Phi) is 5.27. The molecule has 1 heterocycles. The highest BCUT2D eigenvalue weighted by Gasteiger charge is 2.23. The van der Waals surface area contributed by atoms with Crippen LogP contribution in [0.4, 0.5) is 10.5 Å². The number of sulfonamides is 1. The van der Waals surface area contributed by atoms with Crippen molar-refractivity contribution in [1.29, 1.82) is 0 Å². The zero-order chi connectivity index (χ0) is 19.6. The second-order valence-corrected chi connectivity index (χ2v) is 8.04. The molecule has 0 unspecified atom stereocenters. The van der Waals surface area contributed by atoms with E-state index in [1.54, 1.807) is 35.2 Å². The quantitative estimate of drug-likeness (QED) is 0.868. The predicted molar refractivity (Wildman–Crippen MR) is 102 cm³/mol. The number of nitrogens with zero attached hydrogens (tertiary/aromatic N) is 1. The average Bonchev–Trinajstić information content (AvgIpc) is 2.66. The minimum absolute atomic E-state index is 0.0823. The number of nitrogens with one attached hydrogen (secondary N) is 1. The second-order valence-electron chi connectivity index (χ2n) is 6.38. The molecule has 1 N–H and O–H groups in total. The molecule has 8 heteroatoms. The van der Waals surface area contributed by atoms with E-state index >= 15 is 0 Å². The number of ether oxygens (including phenoxy) is 2. The number of carbonyl (C=O) groups excluding carboxylic acids is 1. The van der Waals surface area contributed by atoms with Gasteiger partial charge in [0.25, 0.3) is 10.0 Å². The van der Waals surface area contributed by atoms with Crippen LogP contribution in [0.3, 0.4) is 0 Å². The molecule has 144 valence electrons. The van der Waals surface area contributed by atoms with Crippen LogP contribution in [0.1, 0.15) is 16.7 Å². The molecule has 0 saturated heterocycles. The van der Waals surface area contributed by atoms with Gasteiger partial charge >= 0.3 is 6.09 Å². The number of aryl methyl sites for hydroxylation is 1. The topological polar surface area (TPSA) is 84.9 Å². The van der Waals surface area contributed by atoms with Crippen molar-refractivity contribution in [3.63, 3.8) is 0 Å². The van der Waals surface area contributed by atoms with Gasteiger partial charge in [-0.15, -0.1) is 0 Å². The first-order chi connectivity index (χ1) is 12.8. The summed E-state index contributed by atoms with van der Waals surface area (Å²) in [6, 6.07) is 10.4. The molecule has 7 nitrogen and oxygen atoms in total. The van der Waals surface area contributed by atoms with E-state index < -0.39 is 16.1 Å². The first kappa shape index (κ1) is 19.0. The molecule has 0 spiro atoms. The lowest BCUT2D eigenvalue weighted by molar-refractivity contribution is 0.118. The van der Waals surface area contributed by atoms with Crippen LogP contribution in [0.5, 0.6) is 5.75 Å². The van der Waals surface area contributed by atoms with Crippen molar-refractivity contribution < 1.29 is 22.7 Å². The number of hydrogen-bond acceptors (Lipinski definition) is 5. The third-order valence-corrected chi connectivity index (χ3v) is 5.91. The highest BCUT2D eigenvalue weighted by atomic mass is 32.2. The van der Waals surface area contributed by atoms with Crippen LogP contribution >= 0.6 is 0 Å². The molecule has 0 saturated carbocycles. The molecule has 0 atom stereocenters. The lowest BCUT2D eigenvalue weighted by atomic mass is 9.99. The second kappa shape index (κ2) is 7.48. The number of carbonyl (C=O) groups is 1. The first-order valence-corrected chi connectivity index (χ1v) is 9.94. The molecule has 27 heavy (non-hydrogen) atoms. The molecular weight excluding hydrogens is 368 g/mol. The zero-order valence-corrected chi connectivity index (χ0v) is 16.3. The standard InChI is InChI=1S/C19H22N2O5S/c1-13-4-7-17(25-2)18(10-13)27(23,24)20-16-6-5-14-8-9-21(19(22)26-3)12-15(14)11-16/h4-7,10-11,20H,8-9,12H2,1-3H3.